The molecule has 7 nitrogen and oxygen atoms in total. The number of thioether (sulfide) groups is 1. The number of fused-ring (bicyclic) bond motifs is 1. The molecular weight excluding hydrogens is 322 g/mol. The SMILES string of the molecule is CSc1nn2c(=O)cc(CN3CC[C@H](NC(C)=O)C3)nc2s1. The molecule has 1 saturated heterocycles. The molecule has 3 heterocycles. The van der Waals surface area contributed by atoms with Crippen LogP contribution in [0.3, 0.4) is 0 Å². The maximum Gasteiger partial charge on any atom is 0.275 e. The van der Waals surface area contributed by atoms with Crippen LogP contribution >= 0.6 is 23.1 Å². The third kappa shape index (κ3) is 3.31. The van der Waals surface area contributed by atoms with Crippen LogP contribution in [0.2, 0.25) is 0 Å². The minimum atomic E-state index is -0.144. The van der Waals surface area contributed by atoms with Gasteiger partial charge in [0.1, 0.15) is 0 Å². The average molecular weight is 339 g/mol. The zero-order valence-electron chi connectivity index (χ0n) is 12.4. The molecule has 1 N–H and O–H groups in total. The van der Waals surface area contributed by atoms with E-state index in [9.17, 15) is 9.59 Å². The molecule has 1 fully saturated rings. The highest BCUT2D eigenvalue weighted by atomic mass is 32.2. The molecule has 0 unspecified atom stereocenters. The summed E-state index contributed by atoms with van der Waals surface area (Å²) in [5.41, 5.74) is 0.610. The van der Waals surface area contributed by atoms with Crippen LogP contribution in [-0.4, -0.2) is 50.8 Å². The molecule has 1 aliphatic heterocycles. The predicted molar refractivity (Wildman–Crippen MR) is 86.4 cm³/mol. The summed E-state index contributed by atoms with van der Waals surface area (Å²) in [6, 6.07) is 1.73. The highest BCUT2D eigenvalue weighted by Crippen LogP contribution is 2.21. The Labute approximate surface area is 135 Å². The van der Waals surface area contributed by atoms with E-state index in [1.807, 2.05) is 6.26 Å². The van der Waals surface area contributed by atoms with E-state index in [0.717, 1.165) is 29.5 Å². The molecule has 0 saturated carbocycles. The normalized spacial score (nSPS) is 18.9. The van der Waals surface area contributed by atoms with Crippen molar-refractivity contribution in [2.45, 2.75) is 30.3 Å². The fourth-order valence-corrected chi connectivity index (χ4v) is 3.99. The molecule has 2 aromatic heterocycles. The van der Waals surface area contributed by atoms with E-state index >= 15 is 0 Å². The molecule has 0 radical (unpaired) electrons. The van der Waals surface area contributed by atoms with Crippen LogP contribution in [0, 0.1) is 0 Å². The number of carbonyl (C=O) groups is 1. The first kappa shape index (κ1) is 15.4. The van der Waals surface area contributed by atoms with Crippen molar-refractivity contribution in [3.05, 3.63) is 22.1 Å². The highest BCUT2D eigenvalue weighted by Gasteiger charge is 2.23. The second-order valence-corrected chi connectivity index (χ2v) is 7.28. The summed E-state index contributed by atoms with van der Waals surface area (Å²) in [4.78, 5) is 30.6. The third-order valence-corrected chi connectivity index (χ3v) is 5.40. The van der Waals surface area contributed by atoms with Crippen molar-refractivity contribution in [2.75, 3.05) is 19.3 Å². The minimum Gasteiger partial charge on any atom is -0.352 e. The van der Waals surface area contributed by atoms with Gasteiger partial charge in [-0.15, -0.1) is 5.10 Å². The molecule has 0 aliphatic carbocycles. The van der Waals surface area contributed by atoms with Crippen LogP contribution in [0.15, 0.2) is 15.2 Å². The molecule has 0 spiro atoms. The molecule has 2 aromatic rings. The van der Waals surface area contributed by atoms with Crippen LogP contribution in [0.4, 0.5) is 0 Å². The van der Waals surface area contributed by atoms with E-state index in [0.29, 0.717) is 11.5 Å². The number of carbonyl (C=O) groups excluding carboxylic acids is 1. The lowest BCUT2D eigenvalue weighted by atomic mass is 10.2. The maximum atomic E-state index is 12.1. The minimum absolute atomic E-state index is 0.00102. The molecule has 0 bridgehead atoms. The smallest absolute Gasteiger partial charge is 0.275 e. The van der Waals surface area contributed by atoms with E-state index in [4.69, 9.17) is 0 Å². The molecule has 1 amide bonds. The predicted octanol–water partition coefficient (Wildman–Crippen LogP) is 0.583. The van der Waals surface area contributed by atoms with E-state index in [1.165, 1.54) is 34.5 Å². The van der Waals surface area contributed by atoms with Crippen molar-refractivity contribution in [2.24, 2.45) is 0 Å². The van der Waals surface area contributed by atoms with Gasteiger partial charge in [-0.2, -0.15) is 4.52 Å². The highest BCUT2D eigenvalue weighted by molar-refractivity contribution is 8.00. The molecule has 1 aliphatic rings. The van der Waals surface area contributed by atoms with Crippen molar-refractivity contribution in [3.8, 4) is 0 Å². The van der Waals surface area contributed by atoms with Gasteiger partial charge in [0.2, 0.25) is 10.9 Å². The van der Waals surface area contributed by atoms with E-state index in [2.05, 4.69) is 20.3 Å². The first-order chi connectivity index (χ1) is 10.5. The van der Waals surface area contributed by atoms with Gasteiger partial charge in [0.05, 0.1) is 5.69 Å². The molecule has 9 heteroatoms. The Hall–Kier alpha value is -1.45. The van der Waals surface area contributed by atoms with Gasteiger partial charge in [0, 0.05) is 38.7 Å². The van der Waals surface area contributed by atoms with Crippen molar-refractivity contribution < 1.29 is 4.79 Å². The number of nitrogens with zero attached hydrogens (tertiary/aromatic N) is 4. The van der Waals surface area contributed by atoms with Gasteiger partial charge in [-0.05, 0) is 12.7 Å². The number of hydrogen-bond donors (Lipinski definition) is 1. The second-order valence-electron chi connectivity index (χ2n) is 5.27. The van der Waals surface area contributed by atoms with Crippen LogP contribution in [-0.2, 0) is 11.3 Å². The van der Waals surface area contributed by atoms with Gasteiger partial charge in [-0.3, -0.25) is 14.5 Å². The van der Waals surface area contributed by atoms with Crippen LogP contribution in [0.25, 0.3) is 4.96 Å². The summed E-state index contributed by atoms with van der Waals surface area (Å²) in [5.74, 6) is -0.00102. The first-order valence-electron chi connectivity index (χ1n) is 6.98. The average Bonchev–Trinajstić information content (AvgIpc) is 3.05. The lowest BCUT2D eigenvalue weighted by molar-refractivity contribution is -0.119. The number of rotatable bonds is 4. The Bertz CT molecular complexity index is 756. The molecule has 118 valence electrons. The van der Waals surface area contributed by atoms with Gasteiger partial charge < -0.3 is 5.32 Å². The fourth-order valence-electron chi connectivity index (χ4n) is 2.61. The van der Waals surface area contributed by atoms with E-state index < -0.39 is 0 Å². The summed E-state index contributed by atoms with van der Waals surface area (Å²) in [6.07, 6.45) is 2.86. The summed E-state index contributed by atoms with van der Waals surface area (Å²) < 4.78 is 2.18. The van der Waals surface area contributed by atoms with Gasteiger partial charge >= 0.3 is 0 Å². The molecule has 0 aromatic carbocycles. The van der Waals surface area contributed by atoms with Crippen LogP contribution in [0.5, 0.6) is 0 Å². The Balaban J connectivity index is 1.74. The maximum absolute atomic E-state index is 12.1. The standard InChI is InChI=1S/C13H17N5O2S2/c1-8(19)14-9-3-4-17(6-9)7-10-5-11(20)18-12(15-10)22-13(16-18)21-2/h5,9H,3-4,6-7H2,1-2H3,(H,14,19)/t9-/m0/s1. The Morgan fingerprint density at radius 2 is 2.41 bits per heavy atom. The second kappa shape index (κ2) is 6.35. The largest absolute Gasteiger partial charge is 0.352 e. The Kier molecular flexibility index (Phi) is 4.46. The number of amides is 1. The Morgan fingerprint density at radius 3 is 3.14 bits per heavy atom. The van der Waals surface area contributed by atoms with Gasteiger partial charge in [0.25, 0.3) is 5.56 Å². The third-order valence-electron chi connectivity index (χ3n) is 3.52. The lowest BCUT2D eigenvalue weighted by Gasteiger charge is -2.15. The number of hydrogen-bond acceptors (Lipinski definition) is 7. The number of nitrogens with one attached hydrogen (secondary N) is 1. The Morgan fingerprint density at radius 1 is 1.59 bits per heavy atom. The summed E-state index contributed by atoms with van der Waals surface area (Å²) in [6.45, 7) is 3.84. The summed E-state index contributed by atoms with van der Waals surface area (Å²) in [7, 11) is 0. The number of likely N-dealkylation sites (tertiary alicyclic amines) is 1. The molecule has 22 heavy (non-hydrogen) atoms. The summed E-state index contributed by atoms with van der Waals surface area (Å²) in [5, 5.41) is 7.14. The summed E-state index contributed by atoms with van der Waals surface area (Å²) >= 11 is 2.93. The van der Waals surface area contributed by atoms with Crippen molar-refractivity contribution in [1.82, 2.24) is 24.8 Å². The van der Waals surface area contributed by atoms with Gasteiger partial charge in [-0.25, -0.2) is 4.98 Å². The fraction of sp³-hybridized carbons (Fsp3) is 0.538. The first-order valence-corrected chi connectivity index (χ1v) is 9.02. The molecule has 1 atom stereocenters. The van der Waals surface area contributed by atoms with Crippen LogP contribution in [0.1, 0.15) is 19.0 Å². The topological polar surface area (TPSA) is 79.6 Å². The lowest BCUT2D eigenvalue weighted by Crippen LogP contribution is -2.35. The van der Waals surface area contributed by atoms with Gasteiger partial charge in [-0.1, -0.05) is 23.1 Å². The molecule has 3 rings (SSSR count). The zero-order chi connectivity index (χ0) is 15.7. The van der Waals surface area contributed by atoms with E-state index in [1.54, 1.807) is 6.07 Å². The number of aromatic nitrogens is 3. The van der Waals surface area contributed by atoms with E-state index in [-0.39, 0.29) is 17.5 Å². The van der Waals surface area contributed by atoms with Crippen molar-refractivity contribution in [1.29, 1.82) is 0 Å². The molecular formula is C13H17N5O2S2. The van der Waals surface area contributed by atoms with Crippen molar-refractivity contribution in [3.63, 3.8) is 0 Å². The van der Waals surface area contributed by atoms with Crippen LogP contribution < -0.4 is 10.9 Å². The van der Waals surface area contributed by atoms with Gasteiger partial charge in [0.15, 0.2) is 4.34 Å². The monoisotopic (exact) mass is 339 g/mol. The zero-order valence-corrected chi connectivity index (χ0v) is 14.0. The quantitative estimate of drug-likeness (QED) is 0.821. The van der Waals surface area contributed by atoms with Crippen molar-refractivity contribution >= 4 is 34.0 Å².